The van der Waals surface area contributed by atoms with E-state index in [-0.39, 0.29) is 18.9 Å². The topological polar surface area (TPSA) is 131 Å². The lowest BCUT2D eigenvalue weighted by Crippen LogP contribution is -2.60. The highest BCUT2D eigenvalue weighted by atomic mass is 19.4. The molecule has 0 aromatic heterocycles. The lowest BCUT2D eigenvalue weighted by molar-refractivity contribution is -0.176. The monoisotopic (exact) mass is 549 g/mol. The molecule has 3 rings (SSSR count). The molecule has 3 aliphatic rings. The Bertz CT molecular complexity index is 1010. The zero-order valence-corrected chi connectivity index (χ0v) is 21.3. The van der Waals surface area contributed by atoms with E-state index in [4.69, 9.17) is 0 Å². The summed E-state index contributed by atoms with van der Waals surface area (Å²) >= 11 is 0. The van der Waals surface area contributed by atoms with Crippen molar-refractivity contribution in [2.45, 2.75) is 83.1 Å². The number of rotatable bonds is 6. The van der Waals surface area contributed by atoms with Gasteiger partial charge in [-0.2, -0.15) is 18.4 Å². The van der Waals surface area contributed by atoms with E-state index >= 15 is 0 Å². The largest absolute Gasteiger partial charge is 0.471 e. The molecule has 4 amide bonds. The third-order valence-electron chi connectivity index (χ3n) is 7.46. The van der Waals surface area contributed by atoms with Gasteiger partial charge in [0.2, 0.25) is 23.6 Å². The van der Waals surface area contributed by atoms with Gasteiger partial charge in [-0.15, -0.1) is 0 Å². The molecular weight excluding hydrogens is 517 g/mol. The van der Waals surface area contributed by atoms with Crippen molar-refractivity contribution in [2.75, 3.05) is 13.1 Å². The van der Waals surface area contributed by atoms with E-state index in [0.29, 0.717) is 19.4 Å². The molecule has 2 aliphatic heterocycles. The first-order valence-electron chi connectivity index (χ1n) is 12.5. The predicted octanol–water partition coefficient (Wildman–Crippen LogP) is 1.88. The third-order valence-corrected chi connectivity index (χ3v) is 7.46. The second-order valence-corrected chi connectivity index (χ2v) is 11.4. The fourth-order valence-corrected chi connectivity index (χ4v) is 5.63. The number of nitrogens with zero attached hydrogens (tertiary/aromatic N) is 2. The summed E-state index contributed by atoms with van der Waals surface area (Å²) in [6, 6.07) is -2.45. The number of hydrogen-bond acceptors (Lipinski definition) is 5. The van der Waals surface area contributed by atoms with Gasteiger partial charge in [-0.3, -0.25) is 19.2 Å². The molecule has 0 aromatic rings. The number of alkyl halides is 5. The zero-order valence-electron chi connectivity index (χ0n) is 21.3. The van der Waals surface area contributed by atoms with Crippen LogP contribution in [-0.2, 0) is 19.2 Å². The van der Waals surface area contributed by atoms with Gasteiger partial charge in [0.25, 0.3) is 0 Å². The zero-order chi connectivity index (χ0) is 28.6. The first-order valence-corrected chi connectivity index (χ1v) is 12.5. The summed E-state index contributed by atoms with van der Waals surface area (Å²) < 4.78 is 67.4. The van der Waals surface area contributed by atoms with Gasteiger partial charge in [-0.05, 0) is 36.5 Å². The summed E-state index contributed by atoms with van der Waals surface area (Å²) in [5.41, 5.74) is -1.22. The Labute approximate surface area is 216 Å². The van der Waals surface area contributed by atoms with Gasteiger partial charge in [-0.1, -0.05) is 20.8 Å². The molecule has 38 heavy (non-hydrogen) atoms. The van der Waals surface area contributed by atoms with Crippen molar-refractivity contribution in [1.29, 1.82) is 5.26 Å². The molecule has 0 spiro atoms. The van der Waals surface area contributed by atoms with Crippen LogP contribution in [0.2, 0.25) is 0 Å². The Morgan fingerprint density at radius 3 is 2.39 bits per heavy atom. The smallest absolute Gasteiger partial charge is 0.356 e. The number of amides is 4. The van der Waals surface area contributed by atoms with E-state index in [2.05, 4.69) is 10.6 Å². The fourth-order valence-electron chi connectivity index (χ4n) is 5.63. The Morgan fingerprint density at radius 1 is 1.18 bits per heavy atom. The van der Waals surface area contributed by atoms with Gasteiger partial charge in [0.15, 0.2) is 0 Å². The molecule has 1 saturated carbocycles. The summed E-state index contributed by atoms with van der Waals surface area (Å²) in [6.07, 6.45) is -5.43. The SMILES string of the molecule is CC(C)(C)[C@H](NC(=O)C(F)(F)F)C(=O)N1C[C@@H]2CC(F)(F)C[C@@H]2[C@H]1C(=O)N[C@H](C#N)C[C@@H]1CCCNC1=O. The van der Waals surface area contributed by atoms with E-state index < -0.39 is 84.0 Å². The lowest BCUT2D eigenvalue weighted by atomic mass is 9.85. The Hall–Kier alpha value is -2.98. The number of carbonyl (C=O) groups excluding carboxylic acids is 4. The maximum absolute atomic E-state index is 14.2. The quantitative estimate of drug-likeness (QED) is 0.436. The molecule has 2 saturated heterocycles. The minimum Gasteiger partial charge on any atom is -0.356 e. The molecule has 6 atom stereocenters. The molecule has 3 N–H and O–H groups in total. The normalized spacial score (nSPS) is 28.5. The van der Waals surface area contributed by atoms with Crippen molar-refractivity contribution < 1.29 is 41.1 Å². The molecule has 0 radical (unpaired) electrons. The van der Waals surface area contributed by atoms with Crippen molar-refractivity contribution in [1.82, 2.24) is 20.9 Å². The van der Waals surface area contributed by atoms with Crippen LogP contribution in [0.25, 0.3) is 0 Å². The van der Waals surface area contributed by atoms with Crippen molar-refractivity contribution in [3.8, 4) is 6.07 Å². The average molecular weight is 550 g/mol. The van der Waals surface area contributed by atoms with Crippen molar-refractivity contribution in [2.24, 2.45) is 23.2 Å². The highest BCUT2D eigenvalue weighted by molar-refractivity contribution is 5.94. The number of halogens is 5. The van der Waals surface area contributed by atoms with E-state index in [9.17, 15) is 46.4 Å². The van der Waals surface area contributed by atoms with Crippen LogP contribution in [0.5, 0.6) is 0 Å². The van der Waals surface area contributed by atoms with E-state index in [1.165, 1.54) is 20.8 Å². The highest BCUT2D eigenvalue weighted by Crippen LogP contribution is 2.50. The predicted molar refractivity (Wildman–Crippen MR) is 122 cm³/mol. The molecule has 2 heterocycles. The van der Waals surface area contributed by atoms with Crippen LogP contribution in [0.1, 0.15) is 52.9 Å². The molecule has 1 aliphatic carbocycles. The van der Waals surface area contributed by atoms with E-state index in [1.54, 1.807) is 5.32 Å². The molecule has 9 nitrogen and oxygen atoms in total. The van der Waals surface area contributed by atoms with Crippen LogP contribution >= 0.6 is 0 Å². The van der Waals surface area contributed by atoms with Gasteiger partial charge < -0.3 is 20.9 Å². The number of hydrogen-bond donors (Lipinski definition) is 3. The summed E-state index contributed by atoms with van der Waals surface area (Å²) in [7, 11) is 0. The van der Waals surface area contributed by atoms with Crippen molar-refractivity contribution in [3.63, 3.8) is 0 Å². The van der Waals surface area contributed by atoms with E-state index in [1.807, 2.05) is 6.07 Å². The molecular formula is C24H32F5N5O4. The van der Waals surface area contributed by atoms with Crippen LogP contribution in [0.15, 0.2) is 0 Å². The van der Waals surface area contributed by atoms with Crippen LogP contribution in [-0.4, -0.2) is 71.8 Å². The summed E-state index contributed by atoms with van der Waals surface area (Å²) in [4.78, 5) is 51.7. The Balaban J connectivity index is 1.86. The molecule has 14 heteroatoms. The number of nitrogens with one attached hydrogen (secondary N) is 3. The second kappa shape index (κ2) is 10.6. The first-order chi connectivity index (χ1) is 17.4. The third kappa shape index (κ3) is 6.53. The molecule has 3 fully saturated rings. The number of fused-ring (bicyclic) bond motifs is 1. The Morgan fingerprint density at radius 2 is 1.84 bits per heavy atom. The standard InChI is InChI=1S/C24H32F5N5O4/c1-22(2,3)17(33-21(38)24(27,28)29)20(37)34-11-13-8-23(25,26)9-15(13)16(34)19(36)32-14(10-30)7-12-5-4-6-31-18(12)35/h12-17H,4-9,11H2,1-3H3,(H,31,35)(H,32,36)(H,33,38)/t12-,13-,14-,15-,16-,17+/m0/s1. The first kappa shape index (κ1) is 29.6. The fraction of sp³-hybridized carbons (Fsp3) is 0.792. The second-order valence-electron chi connectivity index (χ2n) is 11.4. The maximum Gasteiger partial charge on any atom is 0.471 e. The van der Waals surface area contributed by atoms with Gasteiger partial charge in [0, 0.05) is 31.8 Å². The number of likely N-dealkylation sites (tertiary alicyclic amines) is 1. The van der Waals surface area contributed by atoms with E-state index in [0.717, 1.165) is 4.90 Å². The van der Waals surface area contributed by atoms with Gasteiger partial charge in [0.1, 0.15) is 18.1 Å². The number of nitriles is 1. The molecule has 0 aromatic carbocycles. The minimum absolute atomic E-state index is 0.0226. The van der Waals surface area contributed by atoms with Crippen LogP contribution in [0, 0.1) is 34.5 Å². The minimum atomic E-state index is -5.27. The van der Waals surface area contributed by atoms with Crippen LogP contribution < -0.4 is 16.0 Å². The van der Waals surface area contributed by atoms with Crippen molar-refractivity contribution >= 4 is 23.6 Å². The van der Waals surface area contributed by atoms with Crippen LogP contribution in [0.4, 0.5) is 22.0 Å². The Kier molecular flexibility index (Phi) is 8.29. The highest BCUT2D eigenvalue weighted by Gasteiger charge is 2.59. The summed E-state index contributed by atoms with van der Waals surface area (Å²) in [5, 5.41) is 16.4. The molecule has 0 bridgehead atoms. The average Bonchev–Trinajstić information content (AvgIpc) is 3.27. The molecule has 0 unspecified atom stereocenters. The lowest BCUT2D eigenvalue weighted by Gasteiger charge is -2.36. The van der Waals surface area contributed by atoms with Gasteiger partial charge >= 0.3 is 12.1 Å². The number of piperidine rings is 1. The van der Waals surface area contributed by atoms with Crippen molar-refractivity contribution in [3.05, 3.63) is 0 Å². The van der Waals surface area contributed by atoms with Crippen LogP contribution in [0.3, 0.4) is 0 Å². The van der Waals surface area contributed by atoms with Gasteiger partial charge in [-0.25, -0.2) is 8.78 Å². The summed E-state index contributed by atoms with van der Waals surface area (Å²) in [6.45, 7) is 4.46. The summed E-state index contributed by atoms with van der Waals surface area (Å²) in [5.74, 6) is -9.94. The maximum atomic E-state index is 14.2. The van der Waals surface area contributed by atoms with Gasteiger partial charge in [0.05, 0.1) is 6.07 Å². The molecule has 212 valence electrons. The number of carbonyl (C=O) groups is 4.